The summed E-state index contributed by atoms with van der Waals surface area (Å²) in [6, 6.07) is 3.38. The molecule has 24 heavy (non-hydrogen) atoms. The smallest absolute Gasteiger partial charge is 0.332 e. The topological polar surface area (TPSA) is 71.8 Å². The molecule has 0 unspecified atom stereocenters. The normalized spacial score (nSPS) is 14.1. The van der Waals surface area contributed by atoms with Gasteiger partial charge in [0.2, 0.25) is 0 Å². The number of hydrogen-bond donors (Lipinski definition) is 2. The van der Waals surface area contributed by atoms with E-state index in [1.165, 1.54) is 18.5 Å². The summed E-state index contributed by atoms with van der Waals surface area (Å²) in [5, 5.41) is 12.9. The number of rotatable bonds is 4. The van der Waals surface area contributed by atoms with Crippen molar-refractivity contribution in [3.05, 3.63) is 47.5 Å². The Morgan fingerprint density at radius 2 is 1.88 bits per heavy atom. The van der Waals surface area contributed by atoms with Crippen molar-refractivity contribution in [2.45, 2.75) is 32.1 Å². The number of urea groups is 1. The van der Waals surface area contributed by atoms with Crippen LogP contribution in [0.25, 0.3) is 0 Å². The third-order valence-corrected chi connectivity index (χ3v) is 3.54. The molecule has 0 bridgehead atoms. The van der Waals surface area contributed by atoms with Gasteiger partial charge in [0.1, 0.15) is 6.33 Å². The first-order valence-electron chi connectivity index (χ1n) is 7.26. The second kappa shape index (κ2) is 6.90. The van der Waals surface area contributed by atoms with E-state index in [4.69, 9.17) is 0 Å². The lowest BCUT2D eigenvalue weighted by Crippen LogP contribution is -2.39. The Labute approximate surface area is 137 Å². The number of hydrogen-bond acceptors (Lipinski definition) is 3. The highest BCUT2D eigenvalue weighted by atomic mass is 19.4. The molecular formula is C15H18F3N5O. The van der Waals surface area contributed by atoms with E-state index in [9.17, 15) is 18.0 Å². The highest BCUT2D eigenvalue weighted by Crippen LogP contribution is 2.30. The predicted molar refractivity (Wildman–Crippen MR) is 80.9 cm³/mol. The number of aryl methyl sites for hydroxylation is 1. The fourth-order valence-electron chi connectivity index (χ4n) is 2.25. The molecule has 130 valence electrons. The number of carbonyl (C=O) groups excluding carboxylic acids is 1. The molecule has 2 aromatic rings. The van der Waals surface area contributed by atoms with Crippen LogP contribution in [0.3, 0.4) is 0 Å². The molecule has 0 radical (unpaired) electrons. The summed E-state index contributed by atoms with van der Waals surface area (Å²) in [6.07, 6.45) is -2.91. The van der Waals surface area contributed by atoms with Crippen molar-refractivity contribution in [1.29, 1.82) is 0 Å². The minimum atomic E-state index is -4.42. The average molecular weight is 341 g/mol. The van der Waals surface area contributed by atoms with Gasteiger partial charge in [0, 0.05) is 7.05 Å². The molecule has 0 aliphatic heterocycles. The van der Waals surface area contributed by atoms with Crippen molar-refractivity contribution in [2.75, 3.05) is 0 Å². The Bertz CT molecular complexity index is 713. The second-order valence-corrected chi connectivity index (χ2v) is 5.48. The van der Waals surface area contributed by atoms with E-state index < -0.39 is 29.9 Å². The van der Waals surface area contributed by atoms with Crippen molar-refractivity contribution in [3.8, 4) is 0 Å². The quantitative estimate of drug-likeness (QED) is 0.898. The zero-order chi connectivity index (χ0) is 17.9. The van der Waals surface area contributed by atoms with Gasteiger partial charge in [-0.2, -0.15) is 13.2 Å². The first-order valence-corrected chi connectivity index (χ1v) is 7.26. The third kappa shape index (κ3) is 4.24. The van der Waals surface area contributed by atoms with Crippen molar-refractivity contribution < 1.29 is 18.0 Å². The lowest BCUT2D eigenvalue weighted by Gasteiger charge is -2.19. The summed E-state index contributed by atoms with van der Waals surface area (Å²) in [5.41, 5.74) is -0.382. The molecule has 1 aromatic heterocycles. The summed E-state index contributed by atoms with van der Waals surface area (Å²) in [5.74, 6) is 0.567. The van der Waals surface area contributed by atoms with Gasteiger partial charge >= 0.3 is 12.2 Å². The second-order valence-electron chi connectivity index (χ2n) is 5.48. The maximum absolute atomic E-state index is 12.7. The molecule has 2 amide bonds. The van der Waals surface area contributed by atoms with Gasteiger partial charge < -0.3 is 15.2 Å². The Morgan fingerprint density at radius 3 is 2.46 bits per heavy atom. The van der Waals surface area contributed by atoms with Crippen LogP contribution in [0, 0.1) is 0 Å². The molecule has 2 rings (SSSR count). The van der Waals surface area contributed by atoms with Crippen LogP contribution in [0.2, 0.25) is 0 Å². The van der Waals surface area contributed by atoms with E-state index in [1.807, 2.05) is 0 Å². The summed E-state index contributed by atoms with van der Waals surface area (Å²) >= 11 is 0. The molecule has 9 heteroatoms. The summed E-state index contributed by atoms with van der Waals surface area (Å²) in [6.45, 7) is 3.35. The molecular weight excluding hydrogens is 323 g/mol. The minimum absolute atomic E-state index is 0.367. The number of amides is 2. The molecule has 2 atom stereocenters. The fourth-order valence-corrected chi connectivity index (χ4v) is 2.25. The van der Waals surface area contributed by atoms with E-state index in [0.29, 0.717) is 11.4 Å². The Hall–Kier alpha value is -2.58. The minimum Gasteiger partial charge on any atom is -0.332 e. The highest BCUT2D eigenvalue weighted by molar-refractivity contribution is 5.74. The van der Waals surface area contributed by atoms with Gasteiger partial charge in [0.25, 0.3) is 0 Å². The number of alkyl halides is 3. The van der Waals surface area contributed by atoms with Crippen LogP contribution in [-0.2, 0) is 13.2 Å². The van der Waals surface area contributed by atoms with Gasteiger partial charge in [-0.05, 0) is 31.5 Å². The molecule has 1 heterocycles. The van der Waals surface area contributed by atoms with Crippen LogP contribution in [0.5, 0.6) is 0 Å². The Kier molecular flexibility index (Phi) is 5.10. The van der Waals surface area contributed by atoms with Crippen molar-refractivity contribution >= 4 is 6.03 Å². The monoisotopic (exact) mass is 341 g/mol. The molecule has 0 aliphatic carbocycles. The average Bonchev–Trinajstić information content (AvgIpc) is 2.92. The van der Waals surface area contributed by atoms with E-state index in [0.717, 1.165) is 12.1 Å². The third-order valence-electron chi connectivity index (χ3n) is 3.54. The maximum Gasteiger partial charge on any atom is 0.416 e. The van der Waals surface area contributed by atoms with E-state index in [1.54, 1.807) is 25.5 Å². The lowest BCUT2D eigenvalue weighted by atomic mass is 10.1. The van der Waals surface area contributed by atoms with Crippen LogP contribution >= 0.6 is 0 Å². The molecule has 1 aromatic carbocycles. The first kappa shape index (κ1) is 17.8. The summed E-state index contributed by atoms with van der Waals surface area (Å²) in [7, 11) is 1.75. The van der Waals surface area contributed by atoms with Gasteiger partial charge in [0.15, 0.2) is 5.82 Å². The van der Waals surface area contributed by atoms with Crippen LogP contribution in [0.4, 0.5) is 18.0 Å². The standard InChI is InChI=1S/C15H18F3N5O/c1-9(11-5-4-6-12(7-11)15(16,17)18)20-14(24)21-10(2)13-22-19-8-23(13)3/h4-10H,1-3H3,(H2,20,21,24)/t9-,10+/m0/s1. The van der Waals surface area contributed by atoms with Gasteiger partial charge in [0.05, 0.1) is 17.6 Å². The van der Waals surface area contributed by atoms with Crippen LogP contribution in [0.15, 0.2) is 30.6 Å². The largest absolute Gasteiger partial charge is 0.416 e. The first-order chi connectivity index (χ1) is 11.2. The SMILES string of the molecule is C[C@H](NC(=O)N[C@H](C)c1nncn1C)c1cccc(C(F)(F)F)c1. The Balaban J connectivity index is 2.00. The molecule has 0 saturated heterocycles. The van der Waals surface area contributed by atoms with E-state index in [-0.39, 0.29) is 0 Å². The molecule has 0 aliphatic rings. The van der Waals surface area contributed by atoms with Crippen LogP contribution < -0.4 is 10.6 Å². The molecule has 2 N–H and O–H groups in total. The van der Waals surface area contributed by atoms with Gasteiger partial charge in [-0.1, -0.05) is 12.1 Å². The number of aromatic nitrogens is 3. The maximum atomic E-state index is 12.7. The van der Waals surface area contributed by atoms with E-state index >= 15 is 0 Å². The zero-order valence-corrected chi connectivity index (χ0v) is 13.4. The summed E-state index contributed by atoms with van der Waals surface area (Å²) in [4.78, 5) is 12.0. The lowest BCUT2D eigenvalue weighted by molar-refractivity contribution is -0.137. The highest BCUT2D eigenvalue weighted by Gasteiger charge is 2.30. The van der Waals surface area contributed by atoms with E-state index in [2.05, 4.69) is 20.8 Å². The van der Waals surface area contributed by atoms with Gasteiger partial charge in [-0.25, -0.2) is 4.79 Å². The molecule has 0 saturated carbocycles. The zero-order valence-electron chi connectivity index (χ0n) is 13.4. The van der Waals surface area contributed by atoms with Crippen molar-refractivity contribution in [2.24, 2.45) is 7.05 Å². The number of nitrogens with one attached hydrogen (secondary N) is 2. The number of carbonyl (C=O) groups is 1. The van der Waals surface area contributed by atoms with Crippen LogP contribution in [-0.4, -0.2) is 20.8 Å². The fraction of sp³-hybridized carbons (Fsp3) is 0.400. The number of benzene rings is 1. The molecule has 6 nitrogen and oxygen atoms in total. The molecule has 0 fully saturated rings. The number of halogens is 3. The van der Waals surface area contributed by atoms with Crippen molar-refractivity contribution in [3.63, 3.8) is 0 Å². The molecule has 0 spiro atoms. The van der Waals surface area contributed by atoms with Crippen LogP contribution in [0.1, 0.15) is 42.9 Å². The summed E-state index contributed by atoms with van der Waals surface area (Å²) < 4.78 is 39.9. The number of nitrogens with zero attached hydrogens (tertiary/aromatic N) is 3. The Morgan fingerprint density at radius 1 is 1.21 bits per heavy atom. The van der Waals surface area contributed by atoms with Crippen molar-refractivity contribution in [1.82, 2.24) is 25.4 Å². The predicted octanol–water partition coefficient (Wildman–Crippen LogP) is 2.96. The van der Waals surface area contributed by atoms with Gasteiger partial charge in [-0.3, -0.25) is 0 Å². The van der Waals surface area contributed by atoms with Gasteiger partial charge in [-0.15, -0.1) is 10.2 Å².